The molecule has 0 spiro atoms. The summed E-state index contributed by atoms with van der Waals surface area (Å²) in [6.45, 7) is 8.29. The topological polar surface area (TPSA) is 38.5 Å². The predicted molar refractivity (Wildman–Crippen MR) is 85.9 cm³/mol. The Morgan fingerprint density at radius 1 is 1.42 bits per heavy atom. The summed E-state index contributed by atoms with van der Waals surface area (Å²) in [6.07, 6.45) is 6.53. The zero-order valence-corrected chi connectivity index (χ0v) is 14.2. The molecule has 3 nitrogen and oxygen atoms in total. The van der Waals surface area contributed by atoms with Crippen LogP contribution in [0.15, 0.2) is 0 Å². The maximum atomic E-state index is 6.20. The Morgan fingerprint density at radius 2 is 2.11 bits per heavy atom. The first-order chi connectivity index (χ1) is 8.97. The van der Waals surface area contributed by atoms with E-state index in [4.69, 9.17) is 10.5 Å². The van der Waals surface area contributed by atoms with E-state index in [1.54, 1.807) is 0 Å². The summed E-state index contributed by atoms with van der Waals surface area (Å²) in [5.41, 5.74) is 6.30. The SMILES string of the molecule is CCC(CSC)N(C)C1(CN)CCOC(C)(CC)C1. The van der Waals surface area contributed by atoms with E-state index in [0.717, 1.165) is 32.4 Å². The number of nitrogens with two attached hydrogens (primary N) is 1. The highest BCUT2D eigenvalue weighted by molar-refractivity contribution is 7.98. The molecule has 0 aromatic heterocycles. The van der Waals surface area contributed by atoms with Crippen LogP contribution >= 0.6 is 11.8 Å². The summed E-state index contributed by atoms with van der Waals surface area (Å²) < 4.78 is 6.01. The molecule has 114 valence electrons. The monoisotopic (exact) mass is 288 g/mol. The Labute approximate surface area is 123 Å². The molecule has 4 heteroatoms. The molecule has 0 amide bonds. The van der Waals surface area contributed by atoms with E-state index in [1.165, 1.54) is 12.2 Å². The molecule has 0 aromatic rings. The van der Waals surface area contributed by atoms with Gasteiger partial charge in [-0.15, -0.1) is 0 Å². The van der Waals surface area contributed by atoms with Crippen molar-refractivity contribution in [3.63, 3.8) is 0 Å². The molecule has 0 aromatic carbocycles. The van der Waals surface area contributed by atoms with Crippen LogP contribution in [0.2, 0.25) is 0 Å². The number of hydrogen-bond acceptors (Lipinski definition) is 4. The van der Waals surface area contributed by atoms with E-state index in [0.29, 0.717) is 6.04 Å². The van der Waals surface area contributed by atoms with Gasteiger partial charge in [-0.3, -0.25) is 4.90 Å². The summed E-state index contributed by atoms with van der Waals surface area (Å²) in [5, 5.41) is 0. The molecule has 1 fully saturated rings. The molecule has 2 N–H and O–H groups in total. The predicted octanol–water partition coefficient (Wildman–Crippen LogP) is 2.74. The van der Waals surface area contributed by atoms with Crippen molar-refractivity contribution in [2.45, 2.75) is 63.6 Å². The van der Waals surface area contributed by atoms with Crippen molar-refractivity contribution in [3.8, 4) is 0 Å². The smallest absolute Gasteiger partial charge is 0.0670 e. The highest BCUT2D eigenvalue weighted by Gasteiger charge is 2.45. The second-order valence-electron chi connectivity index (χ2n) is 6.14. The zero-order chi connectivity index (χ0) is 14.5. The molecule has 1 aliphatic rings. The molecule has 1 heterocycles. The average molecular weight is 289 g/mol. The first kappa shape index (κ1) is 17.3. The van der Waals surface area contributed by atoms with Crippen molar-refractivity contribution in [1.82, 2.24) is 4.90 Å². The van der Waals surface area contributed by atoms with Crippen LogP contribution in [0.1, 0.15) is 46.5 Å². The van der Waals surface area contributed by atoms with E-state index in [9.17, 15) is 0 Å². The van der Waals surface area contributed by atoms with Gasteiger partial charge in [-0.25, -0.2) is 0 Å². The van der Waals surface area contributed by atoms with Crippen LogP contribution in [0.25, 0.3) is 0 Å². The fraction of sp³-hybridized carbons (Fsp3) is 1.00. The van der Waals surface area contributed by atoms with Crippen LogP contribution in [0.5, 0.6) is 0 Å². The van der Waals surface area contributed by atoms with Gasteiger partial charge in [0.15, 0.2) is 0 Å². The van der Waals surface area contributed by atoms with Gasteiger partial charge in [0.05, 0.1) is 5.60 Å². The molecule has 3 atom stereocenters. The van der Waals surface area contributed by atoms with Crippen LogP contribution in [0.4, 0.5) is 0 Å². The molecule has 1 aliphatic heterocycles. The van der Waals surface area contributed by atoms with E-state index < -0.39 is 0 Å². The fourth-order valence-corrected chi connectivity index (χ4v) is 4.10. The third-order valence-corrected chi connectivity index (χ3v) is 5.69. The minimum absolute atomic E-state index is 0.0104. The second-order valence-corrected chi connectivity index (χ2v) is 7.05. The Kier molecular flexibility index (Phi) is 6.64. The molecule has 0 bridgehead atoms. The molecule has 3 unspecified atom stereocenters. The van der Waals surface area contributed by atoms with Crippen LogP contribution < -0.4 is 5.73 Å². The maximum absolute atomic E-state index is 6.20. The van der Waals surface area contributed by atoms with E-state index >= 15 is 0 Å². The van der Waals surface area contributed by atoms with Crippen molar-refractivity contribution in [2.75, 3.05) is 32.2 Å². The van der Waals surface area contributed by atoms with Crippen molar-refractivity contribution < 1.29 is 4.74 Å². The average Bonchev–Trinajstić information content (AvgIpc) is 2.44. The summed E-state index contributed by atoms with van der Waals surface area (Å²) >= 11 is 1.93. The standard InChI is InChI=1S/C15H32N2OS/c1-6-13(10-19-5)17(4)15(12-16)8-9-18-14(3,7-2)11-15/h13H,6-12,16H2,1-5H3. The number of ether oxygens (including phenoxy) is 1. The van der Waals surface area contributed by atoms with Crippen molar-refractivity contribution in [3.05, 3.63) is 0 Å². The first-order valence-electron chi connectivity index (χ1n) is 7.53. The fourth-order valence-electron chi connectivity index (χ4n) is 3.25. The molecular formula is C15H32N2OS. The van der Waals surface area contributed by atoms with E-state index in [1.807, 2.05) is 11.8 Å². The van der Waals surface area contributed by atoms with Gasteiger partial charge in [0, 0.05) is 30.5 Å². The Hall–Kier alpha value is 0.230. The van der Waals surface area contributed by atoms with Crippen molar-refractivity contribution >= 4 is 11.8 Å². The third-order valence-electron chi connectivity index (χ3n) is 4.98. The molecule has 0 aliphatic carbocycles. The lowest BCUT2D eigenvalue weighted by Crippen LogP contribution is -2.62. The number of nitrogens with zero attached hydrogens (tertiary/aromatic N) is 1. The van der Waals surface area contributed by atoms with Gasteiger partial charge < -0.3 is 10.5 Å². The molecule has 1 rings (SSSR count). The number of rotatable bonds is 7. The quantitative estimate of drug-likeness (QED) is 0.782. The van der Waals surface area contributed by atoms with Gasteiger partial charge in [-0.2, -0.15) is 11.8 Å². The summed E-state index contributed by atoms with van der Waals surface area (Å²) in [4.78, 5) is 2.56. The lowest BCUT2D eigenvalue weighted by Gasteiger charge is -2.52. The van der Waals surface area contributed by atoms with Gasteiger partial charge in [-0.1, -0.05) is 13.8 Å². The third kappa shape index (κ3) is 3.87. The van der Waals surface area contributed by atoms with Gasteiger partial charge in [0.1, 0.15) is 0 Å². The van der Waals surface area contributed by atoms with Gasteiger partial charge in [-0.05, 0) is 45.9 Å². The highest BCUT2D eigenvalue weighted by Crippen LogP contribution is 2.38. The van der Waals surface area contributed by atoms with Crippen LogP contribution in [-0.4, -0.2) is 54.3 Å². The van der Waals surface area contributed by atoms with Gasteiger partial charge >= 0.3 is 0 Å². The molecule has 19 heavy (non-hydrogen) atoms. The molecule has 0 saturated carbocycles. The minimum Gasteiger partial charge on any atom is -0.375 e. The largest absolute Gasteiger partial charge is 0.375 e. The number of likely N-dealkylation sites (N-methyl/N-ethyl adjacent to an activating group) is 1. The first-order valence-corrected chi connectivity index (χ1v) is 8.92. The van der Waals surface area contributed by atoms with Crippen molar-refractivity contribution in [1.29, 1.82) is 0 Å². The van der Waals surface area contributed by atoms with Gasteiger partial charge in [0.25, 0.3) is 0 Å². The zero-order valence-electron chi connectivity index (χ0n) is 13.4. The number of hydrogen-bond donors (Lipinski definition) is 1. The summed E-state index contributed by atoms with van der Waals surface area (Å²) in [7, 11) is 2.26. The Bertz CT molecular complexity index is 277. The molecule has 1 saturated heterocycles. The van der Waals surface area contributed by atoms with Gasteiger partial charge in [0.2, 0.25) is 0 Å². The minimum atomic E-state index is -0.0104. The van der Waals surface area contributed by atoms with Crippen LogP contribution in [0, 0.1) is 0 Å². The highest BCUT2D eigenvalue weighted by atomic mass is 32.2. The number of thioether (sulfide) groups is 1. The lowest BCUT2D eigenvalue weighted by atomic mass is 9.77. The summed E-state index contributed by atoms with van der Waals surface area (Å²) in [5.74, 6) is 1.18. The Balaban J connectivity index is 2.89. The van der Waals surface area contributed by atoms with Crippen molar-refractivity contribution in [2.24, 2.45) is 5.73 Å². The maximum Gasteiger partial charge on any atom is 0.0670 e. The Morgan fingerprint density at radius 3 is 2.58 bits per heavy atom. The normalized spacial score (nSPS) is 33.6. The van der Waals surface area contributed by atoms with E-state index in [-0.39, 0.29) is 11.1 Å². The van der Waals surface area contributed by atoms with Crippen LogP contribution in [0.3, 0.4) is 0 Å². The molecule has 0 radical (unpaired) electrons. The second kappa shape index (κ2) is 7.30. The lowest BCUT2D eigenvalue weighted by molar-refractivity contribution is -0.130. The molecular weight excluding hydrogens is 256 g/mol. The summed E-state index contributed by atoms with van der Waals surface area (Å²) in [6, 6.07) is 0.609. The van der Waals surface area contributed by atoms with E-state index in [2.05, 4.69) is 39.0 Å². The van der Waals surface area contributed by atoms with Crippen LogP contribution in [-0.2, 0) is 4.74 Å².